The third-order valence-electron chi connectivity index (χ3n) is 5.00. The molecule has 1 aliphatic rings. The molecule has 3 aromatic rings. The number of aromatic nitrogens is 2. The van der Waals surface area contributed by atoms with Gasteiger partial charge in [-0.1, -0.05) is 12.1 Å². The Kier molecular flexibility index (Phi) is 4.12. The zero-order chi connectivity index (χ0) is 18.3. The lowest BCUT2D eigenvalue weighted by Gasteiger charge is -2.21. The normalized spacial score (nSPS) is 13.9. The number of hydrogen-bond donors (Lipinski definition) is 0. The van der Waals surface area contributed by atoms with Crippen molar-refractivity contribution in [1.29, 1.82) is 0 Å². The summed E-state index contributed by atoms with van der Waals surface area (Å²) in [6.45, 7) is 0.944. The highest BCUT2D eigenvalue weighted by Crippen LogP contribution is 2.34. The summed E-state index contributed by atoms with van der Waals surface area (Å²) < 4.78 is 10.8. The van der Waals surface area contributed by atoms with Gasteiger partial charge in [-0.2, -0.15) is 0 Å². The SMILES string of the molecule is COc1cc2ncnc(Cc3ccc4c(c3)N(C)N(C)C4)c2cc1OC. The molecule has 1 aromatic heterocycles. The standard InChI is InChI=1S/C20H22N4O2/c1-23-11-14-6-5-13(8-18(14)24(23)2)7-16-15-9-19(25-3)20(26-4)10-17(15)22-12-21-16/h5-6,8-10,12H,7,11H2,1-4H3. The van der Waals surface area contributed by atoms with Crippen molar-refractivity contribution in [2.24, 2.45) is 0 Å². The average Bonchev–Trinajstić information content (AvgIpc) is 2.95. The van der Waals surface area contributed by atoms with Gasteiger partial charge in [0.1, 0.15) is 6.33 Å². The summed E-state index contributed by atoms with van der Waals surface area (Å²) >= 11 is 0. The largest absolute Gasteiger partial charge is 0.493 e. The van der Waals surface area contributed by atoms with E-state index in [1.807, 2.05) is 12.1 Å². The van der Waals surface area contributed by atoms with Crippen molar-refractivity contribution < 1.29 is 9.47 Å². The Morgan fingerprint density at radius 3 is 2.54 bits per heavy atom. The topological polar surface area (TPSA) is 50.7 Å². The van der Waals surface area contributed by atoms with Gasteiger partial charge < -0.3 is 14.5 Å². The van der Waals surface area contributed by atoms with Crippen LogP contribution in [0.2, 0.25) is 0 Å². The van der Waals surface area contributed by atoms with Crippen molar-refractivity contribution in [2.45, 2.75) is 13.0 Å². The molecule has 0 fully saturated rings. The molecule has 2 aromatic carbocycles. The molecule has 134 valence electrons. The van der Waals surface area contributed by atoms with Gasteiger partial charge in [0, 0.05) is 38.5 Å². The molecule has 6 nitrogen and oxygen atoms in total. The first-order chi connectivity index (χ1) is 12.6. The summed E-state index contributed by atoms with van der Waals surface area (Å²) in [6.07, 6.45) is 2.34. The van der Waals surface area contributed by atoms with Crippen LogP contribution in [0.25, 0.3) is 10.9 Å². The van der Waals surface area contributed by atoms with Crippen LogP contribution in [0.5, 0.6) is 11.5 Å². The van der Waals surface area contributed by atoms with E-state index in [-0.39, 0.29) is 0 Å². The van der Waals surface area contributed by atoms with Gasteiger partial charge in [0.05, 0.1) is 31.1 Å². The second-order valence-corrected chi connectivity index (χ2v) is 6.52. The Hall–Kier alpha value is -2.86. The van der Waals surface area contributed by atoms with Gasteiger partial charge in [-0.25, -0.2) is 15.0 Å². The molecule has 0 unspecified atom stereocenters. The summed E-state index contributed by atoms with van der Waals surface area (Å²) in [5, 5.41) is 5.37. The molecule has 0 radical (unpaired) electrons. The predicted octanol–water partition coefficient (Wildman–Crippen LogP) is 3.03. The third kappa shape index (κ3) is 2.72. The highest BCUT2D eigenvalue weighted by molar-refractivity contribution is 5.84. The maximum Gasteiger partial charge on any atom is 0.162 e. The van der Waals surface area contributed by atoms with Crippen LogP contribution in [-0.2, 0) is 13.0 Å². The Bertz CT molecular complexity index is 973. The number of hydrogen-bond acceptors (Lipinski definition) is 6. The van der Waals surface area contributed by atoms with Crippen molar-refractivity contribution in [2.75, 3.05) is 33.3 Å². The number of benzene rings is 2. The van der Waals surface area contributed by atoms with Crippen LogP contribution in [0, 0.1) is 0 Å². The first kappa shape index (κ1) is 16.6. The number of hydrazine groups is 1. The van der Waals surface area contributed by atoms with Crippen LogP contribution >= 0.6 is 0 Å². The van der Waals surface area contributed by atoms with Crippen LogP contribution in [0.4, 0.5) is 5.69 Å². The zero-order valence-electron chi connectivity index (χ0n) is 15.5. The first-order valence-corrected chi connectivity index (χ1v) is 8.53. The van der Waals surface area contributed by atoms with Gasteiger partial charge in [-0.15, -0.1) is 0 Å². The van der Waals surface area contributed by atoms with Gasteiger partial charge in [0.15, 0.2) is 11.5 Å². The van der Waals surface area contributed by atoms with Crippen molar-refractivity contribution >= 4 is 16.6 Å². The Morgan fingerprint density at radius 1 is 1.00 bits per heavy atom. The van der Waals surface area contributed by atoms with Gasteiger partial charge in [0.25, 0.3) is 0 Å². The fourth-order valence-corrected chi connectivity index (χ4v) is 3.46. The maximum atomic E-state index is 5.44. The minimum atomic E-state index is 0.673. The molecule has 0 spiro atoms. The number of nitrogens with zero attached hydrogens (tertiary/aromatic N) is 4. The maximum absolute atomic E-state index is 5.44. The molecule has 0 N–H and O–H groups in total. The van der Waals surface area contributed by atoms with E-state index >= 15 is 0 Å². The lowest BCUT2D eigenvalue weighted by molar-refractivity contribution is 0.345. The number of ether oxygens (including phenoxy) is 2. The third-order valence-corrected chi connectivity index (χ3v) is 5.00. The summed E-state index contributed by atoms with van der Waals surface area (Å²) in [5.41, 5.74) is 5.65. The van der Waals surface area contributed by atoms with Crippen LogP contribution in [0.3, 0.4) is 0 Å². The molecular weight excluding hydrogens is 328 g/mol. The van der Waals surface area contributed by atoms with Crippen molar-refractivity contribution in [3.8, 4) is 11.5 Å². The second-order valence-electron chi connectivity index (χ2n) is 6.52. The Labute approximate surface area is 153 Å². The quantitative estimate of drug-likeness (QED) is 0.721. The summed E-state index contributed by atoms with van der Waals surface area (Å²) in [4.78, 5) is 8.91. The molecule has 0 amide bonds. The Balaban J connectivity index is 1.74. The number of methoxy groups -OCH3 is 2. The molecule has 1 aliphatic heterocycles. The monoisotopic (exact) mass is 350 g/mol. The summed E-state index contributed by atoms with van der Waals surface area (Å²) in [7, 11) is 7.45. The molecule has 4 rings (SSSR count). The fraction of sp³-hybridized carbons (Fsp3) is 0.300. The lowest BCUT2D eigenvalue weighted by Crippen LogP contribution is -2.29. The van der Waals surface area contributed by atoms with Crippen LogP contribution in [0.1, 0.15) is 16.8 Å². The minimum absolute atomic E-state index is 0.673. The van der Waals surface area contributed by atoms with Gasteiger partial charge >= 0.3 is 0 Å². The number of rotatable bonds is 4. The van der Waals surface area contributed by atoms with E-state index in [1.165, 1.54) is 16.8 Å². The minimum Gasteiger partial charge on any atom is -0.493 e. The number of anilines is 1. The molecule has 0 bridgehead atoms. The molecule has 0 aliphatic carbocycles. The van der Waals surface area contributed by atoms with Crippen LogP contribution < -0.4 is 14.5 Å². The van der Waals surface area contributed by atoms with E-state index in [9.17, 15) is 0 Å². The van der Waals surface area contributed by atoms with Gasteiger partial charge in [-0.3, -0.25) is 0 Å². The van der Waals surface area contributed by atoms with E-state index in [2.05, 4.69) is 52.3 Å². The molecule has 2 heterocycles. The lowest BCUT2D eigenvalue weighted by atomic mass is 10.0. The highest BCUT2D eigenvalue weighted by atomic mass is 16.5. The first-order valence-electron chi connectivity index (χ1n) is 8.53. The molecule has 0 atom stereocenters. The van der Waals surface area contributed by atoms with Gasteiger partial charge in [0.2, 0.25) is 0 Å². The van der Waals surface area contributed by atoms with Crippen molar-refractivity contribution in [1.82, 2.24) is 15.0 Å². The highest BCUT2D eigenvalue weighted by Gasteiger charge is 2.21. The smallest absolute Gasteiger partial charge is 0.162 e. The van der Waals surface area contributed by atoms with Gasteiger partial charge in [-0.05, 0) is 23.3 Å². The molecule has 0 saturated carbocycles. The molecular formula is C20H22N4O2. The summed E-state index contributed by atoms with van der Waals surface area (Å²) in [5.74, 6) is 1.36. The fourth-order valence-electron chi connectivity index (χ4n) is 3.46. The number of fused-ring (bicyclic) bond motifs is 2. The predicted molar refractivity (Wildman–Crippen MR) is 102 cm³/mol. The second kappa shape index (κ2) is 6.46. The zero-order valence-corrected chi connectivity index (χ0v) is 15.5. The Morgan fingerprint density at radius 2 is 1.77 bits per heavy atom. The average molecular weight is 350 g/mol. The van der Waals surface area contributed by atoms with E-state index < -0.39 is 0 Å². The van der Waals surface area contributed by atoms with E-state index in [0.717, 1.165) is 29.6 Å². The van der Waals surface area contributed by atoms with Crippen LogP contribution in [-0.4, -0.2) is 43.3 Å². The molecule has 6 heteroatoms. The van der Waals surface area contributed by atoms with E-state index in [1.54, 1.807) is 20.5 Å². The van der Waals surface area contributed by atoms with E-state index in [0.29, 0.717) is 11.5 Å². The van der Waals surface area contributed by atoms with Crippen molar-refractivity contribution in [3.05, 3.63) is 53.5 Å². The molecule has 0 saturated heterocycles. The van der Waals surface area contributed by atoms with Crippen molar-refractivity contribution in [3.63, 3.8) is 0 Å². The van der Waals surface area contributed by atoms with E-state index in [4.69, 9.17) is 9.47 Å². The van der Waals surface area contributed by atoms with Crippen LogP contribution in [0.15, 0.2) is 36.7 Å². The molecule has 26 heavy (non-hydrogen) atoms. The summed E-state index contributed by atoms with van der Waals surface area (Å²) in [6, 6.07) is 10.5.